The Bertz CT molecular complexity index is 483. The molecular formula is C16H23NO3. The van der Waals surface area contributed by atoms with Gasteiger partial charge in [-0.1, -0.05) is 25.5 Å². The number of rotatable bonds is 7. The van der Waals surface area contributed by atoms with Gasteiger partial charge in [0.05, 0.1) is 6.42 Å². The minimum absolute atomic E-state index is 0.00167. The standard InChI is InChI=1S/C16H23NO3/c1-4-5-6-15(18)17(10-9-16(19)20)14-11-12(2)7-8-13(14)3/h7-8,11H,4-6,9-10H2,1-3H3,(H,19,20). The van der Waals surface area contributed by atoms with E-state index in [1.54, 1.807) is 4.90 Å². The van der Waals surface area contributed by atoms with Crippen LogP contribution in [0.25, 0.3) is 0 Å². The molecule has 0 aliphatic carbocycles. The van der Waals surface area contributed by atoms with Crippen molar-refractivity contribution in [2.24, 2.45) is 0 Å². The van der Waals surface area contributed by atoms with Gasteiger partial charge in [0.25, 0.3) is 0 Å². The maximum absolute atomic E-state index is 12.3. The van der Waals surface area contributed by atoms with Gasteiger partial charge in [-0.2, -0.15) is 0 Å². The van der Waals surface area contributed by atoms with Crippen molar-refractivity contribution in [2.45, 2.75) is 46.5 Å². The molecule has 0 atom stereocenters. The number of carboxylic acids is 1. The number of hydrogen-bond acceptors (Lipinski definition) is 2. The molecular weight excluding hydrogens is 254 g/mol. The molecule has 0 aliphatic rings. The van der Waals surface area contributed by atoms with Gasteiger partial charge in [0.1, 0.15) is 0 Å². The highest BCUT2D eigenvalue weighted by molar-refractivity contribution is 5.94. The quantitative estimate of drug-likeness (QED) is 0.832. The van der Waals surface area contributed by atoms with Crippen LogP contribution in [0.4, 0.5) is 5.69 Å². The van der Waals surface area contributed by atoms with Crippen molar-refractivity contribution >= 4 is 17.6 Å². The van der Waals surface area contributed by atoms with Crippen molar-refractivity contribution in [1.82, 2.24) is 0 Å². The van der Waals surface area contributed by atoms with Crippen LogP contribution >= 0.6 is 0 Å². The fourth-order valence-corrected chi connectivity index (χ4v) is 2.06. The summed E-state index contributed by atoms with van der Waals surface area (Å²) < 4.78 is 0. The van der Waals surface area contributed by atoms with Crippen molar-refractivity contribution in [1.29, 1.82) is 0 Å². The number of aliphatic carboxylic acids is 1. The average Bonchev–Trinajstić information content (AvgIpc) is 2.40. The number of anilines is 1. The van der Waals surface area contributed by atoms with E-state index in [4.69, 9.17) is 5.11 Å². The molecule has 4 nitrogen and oxygen atoms in total. The Morgan fingerprint density at radius 1 is 1.20 bits per heavy atom. The maximum Gasteiger partial charge on any atom is 0.305 e. The van der Waals surface area contributed by atoms with Crippen LogP contribution in [0.2, 0.25) is 0 Å². The van der Waals surface area contributed by atoms with Crippen molar-refractivity contribution in [3.63, 3.8) is 0 Å². The second kappa shape index (κ2) is 7.68. The minimum Gasteiger partial charge on any atom is -0.481 e. The minimum atomic E-state index is -0.886. The molecule has 0 spiro atoms. The monoisotopic (exact) mass is 277 g/mol. The number of benzene rings is 1. The molecule has 0 fully saturated rings. The zero-order valence-electron chi connectivity index (χ0n) is 12.5. The van der Waals surface area contributed by atoms with Crippen LogP contribution < -0.4 is 4.90 Å². The van der Waals surface area contributed by atoms with Gasteiger partial charge in [-0.15, -0.1) is 0 Å². The largest absolute Gasteiger partial charge is 0.481 e. The molecule has 1 amide bonds. The van der Waals surface area contributed by atoms with E-state index in [1.165, 1.54) is 0 Å². The Morgan fingerprint density at radius 2 is 1.90 bits per heavy atom. The Hall–Kier alpha value is -1.84. The molecule has 0 saturated heterocycles. The number of carboxylic acid groups (broad SMARTS) is 1. The lowest BCUT2D eigenvalue weighted by Crippen LogP contribution is -2.33. The molecule has 4 heteroatoms. The highest BCUT2D eigenvalue weighted by Gasteiger charge is 2.18. The molecule has 0 radical (unpaired) electrons. The predicted molar refractivity (Wildman–Crippen MR) is 80.0 cm³/mol. The van der Waals surface area contributed by atoms with Gasteiger partial charge in [-0.3, -0.25) is 9.59 Å². The molecule has 110 valence electrons. The summed E-state index contributed by atoms with van der Waals surface area (Å²) >= 11 is 0. The lowest BCUT2D eigenvalue weighted by molar-refractivity contribution is -0.136. The summed E-state index contributed by atoms with van der Waals surface area (Å²) in [5.74, 6) is -0.884. The third kappa shape index (κ3) is 4.68. The van der Waals surface area contributed by atoms with Gasteiger partial charge < -0.3 is 10.0 Å². The number of aryl methyl sites for hydroxylation is 2. The van der Waals surface area contributed by atoms with Gasteiger partial charge >= 0.3 is 5.97 Å². The molecule has 0 aromatic heterocycles. The van der Waals surface area contributed by atoms with E-state index >= 15 is 0 Å². The predicted octanol–water partition coefficient (Wildman–Crippen LogP) is 3.30. The first kappa shape index (κ1) is 16.2. The Morgan fingerprint density at radius 3 is 2.50 bits per heavy atom. The molecule has 1 aromatic rings. The first-order valence-electron chi connectivity index (χ1n) is 7.05. The molecule has 1 rings (SSSR count). The Balaban J connectivity index is 2.98. The summed E-state index contributed by atoms with van der Waals surface area (Å²) in [6.45, 7) is 6.17. The molecule has 1 aromatic carbocycles. The molecule has 0 saturated carbocycles. The van der Waals surface area contributed by atoms with E-state index in [9.17, 15) is 9.59 Å². The third-order valence-corrected chi connectivity index (χ3v) is 3.25. The highest BCUT2D eigenvalue weighted by atomic mass is 16.4. The lowest BCUT2D eigenvalue weighted by atomic mass is 10.1. The number of carbonyl (C=O) groups excluding carboxylic acids is 1. The summed E-state index contributed by atoms with van der Waals surface area (Å²) in [6.07, 6.45) is 2.20. The smallest absolute Gasteiger partial charge is 0.305 e. The van der Waals surface area contributed by atoms with E-state index in [-0.39, 0.29) is 18.9 Å². The summed E-state index contributed by atoms with van der Waals surface area (Å²) in [4.78, 5) is 24.7. The molecule has 0 heterocycles. The van der Waals surface area contributed by atoms with E-state index < -0.39 is 5.97 Å². The summed E-state index contributed by atoms with van der Waals surface area (Å²) in [7, 11) is 0. The van der Waals surface area contributed by atoms with E-state index in [2.05, 4.69) is 0 Å². The fraction of sp³-hybridized carbons (Fsp3) is 0.500. The van der Waals surface area contributed by atoms with Crippen molar-refractivity contribution < 1.29 is 14.7 Å². The topological polar surface area (TPSA) is 57.6 Å². The van der Waals surface area contributed by atoms with Crippen LogP contribution in [0.1, 0.15) is 43.7 Å². The van der Waals surface area contributed by atoms with Crippen molar-refractivity contribution in [3.8, 4) is 0 Å². The summed E-state index contributed by atoms with van der Waals surface area (Å²) in [5, 5.41) is 8.85. The number of unbranched alkanes of at least 4 members (excludes halogenated alkanes) is 1. The van der Waals surface area contributed by atoms with Crippen LogP contribution in [0.5, 0.6) is 0 Å². The van der Waals surface area contributed by atoms with E-state index in [0.29, 0.717) is 6.42 Å². The normalized spacial score (nSPS) is 10.3. The average molecular weight is 277 g/mol. The highest BCUT2D eigenvalue weighted by Crippen LogP contribution is 2.23. The van der Waals surface area contributed by atoms with Crippen molar-refractivity contribution in [3.05, 3.63) is 29.3 Å². The van der Waals surface area contributed by atoms with Crippen LogP contribution in [0, 0.1) is 13.8 Å². The van der Waals surface area contributed by atoms with Gasteiger partial charge in [0.15, 0.2) is 0 Å². The Kier molecular flexibility index (Phi) is 6.22. The zero-order chi connectivity index (χ0) is 15.1. The number of carbonyl (C=O) groups is 2. The van der Waals surface area contributed by atoms with Gasteiger partial charge in [0.2, 0.25) is 5.91 Å². The van der Waals surface area contributed by atoms with Crippen molar-refractivity contribution in [2.75, 3.05) is 11.4 Å². The molecule has 0 bridgehead atoms. The van der Waals surface area contributed by atoms with Gasteiger partial charge in [0, 0.05) is 18.7 Å². The van der Waals surface area contributed by atoms with E-state index in [1.807, 2.05) is 39.0 Å². The second-order valence-electron chi connectivity index (χ2n) is 5.08. The fourth-order valence-electron chi connectivity index (χ4n) is 2.06. The number of amides is 1. The van der Waals surface area contributed by atoms with Crippen LogP contribution in [0.15, 0.2) is 18.2 Å². The third-order valence-electron chi connectivity index (χ3n) is 3.25. The number of nitrogens with zero attached hydrogens (tertiary/aromatic N) is 1. The van der Waals surface area contributed by atoms with E-state index in [0.717, 1.165) is 29.7 Å². The first-order chi connectivity index (χ1) is 9.45. The molecule has 1 N–H and O–H groups in total. The van der Waals surface area contributed by atoms with Gasteiger partial charge in [-0.05, 0) is 37.5 Å². The summed E-state index contributed by atoms with van der Waals surface area (Å²) in [6, 6.07) is 5.90. The lowest BCUT2D eigenvalue weighted by Gasteiger charge is -2.24. The number of hydrogen-bond donors (Lipinski definition) is 1. The van der Waals surface area contributed by atoms with Crippen LogP contribution in [0.3, 0.4) is 0 Å². The molecule has 0 unspecified atom stereocenters. The van der Waals surface area contributed by atoms with Crippen LogP contribution in [-0.4, -0.2) is 23.5 Å². The summed E-state index contributed by atoms with van der Waals surface area (Å²) in [5.41, 5.74) is 2.88. The first-order valence-corrected chi connectivity index (χ1v) is 7.05. The molecule has 0 aliphatic heterocycles. The second-order valence-corrected chi connectivity index (χ2v) is 5.08. The Labute approximate surface area is 120 Å². The zero-order valence-corrected chi connectivity index (χ0v) is 12.5. The SMILES string of the molecule is CCCCC(=O)N(CCC(=O)O)c1cc(C)ccc1C. The maximum atomic E-state index is 12.3. The van der Waals surface area contributed by atoms with Gasteiger partial charge in [-0.25, -0.2) is 0 Å². The molecule has 20 heavy (non-hydrogen) atoms. The van der Waals surface area contributed by atoms with Crippen LogP contribution in [-0.2, 0) is 9.59 Å².